The molecule has 2 aliphatic heterocycles. The Bertz CT molecular complexity index is 1420. The van der Waals surface area contributed by atoms with Gasteiger partial charge in [-0.15, -0.1) is 0 Å². The van der Waals surface area contributed by atoms with E-state index in [0.717, 1.165) is 40.4 Å². The number of hydrogen-bond acceptors (Lipinski definition) is 5. The number of halogens is 1. The molecule has 0 aromatic heterocycles. The van der Waals surface area contributed by atoms with Crippen LogP contribution in [0.15, 0.2) is 82.2 Å². The molecule has 2 N–H and O–H groups in total. The van der Waals surface area contributed by atoms with Gasteiger partial charge in [-0.25, -0.2) is 22.9 Å². The Balaban J connectivity index is 1.26. The van der Waals surface area contributed by atoms with Crippen molar-refractivity contribution >= 4 is 37.9 Å². The van der Waals surface area contributed by atoms with Crippen molar-refractivity contribution in [3.63, 3.8) is 0 Å². The number of hydrogen-bond donors (Lipinski definition) is 2. The Morgan fingerprint density at radius 3 is 2.37 bits per heavy atom. The second-order valence-electron chi connectivity index (χ2n) is 9.53. The molecule has 0 spiro atoms. The minimum atomic E-state index is -4.01. The van der Waals surface area contributed by atoms with Crippen LogP contribution in [0.25, 0.3) is 0 Å². The molecule has 3 aromatic carbocycles. The van der Waals surface area contributed by atoms with Crippen molar-refractivity contribution in [1.29, 1.82) is 0 Å². The van der Waals surface area contributed by atoms with Crippen LogP contribution in [0.2, 0.25) is 0 Å². The summed E-state index contributed by atoms with van der Waals surface area (Å²) in [6.45, 7) is 1.87. The number of rotatable bonds is 7. The van der Waals surface area contributed by atoms with E-state index in [4.69, 9.17) is 0 Å². The van der Waals surface area contributed by atoms with Gasteiger partial charge in [-0.05, 0) is 66.3 Å². The normalized spacial score (nSPS) is 17.8. The number of carbonyl (C=O) groups excluding carboxylic acids is 2. The summed E-state index contributed by atoms with van der Waals surface area (Å²) in [6, 6.07) is 21.1. The maximum atomic E-state index is 13.3. The molecule has 5 rings (SSSR count). The number of amides is 3. The van der Waals surface area contributed by atoms with Crippen molar-refractivity contribution in [3.8, 4) is 0 Å². The SMILES string of the molecule is O=C(NN1CCCCC1)NS(=O)(=O)c1ccc(CCN2C(=O)c3ccc(Br)cc3C2c2ccccc2)cc1. The zero-order valence-electron chi connectivity index (χ0n) is 20.8. The van der Waals surface area contributed by atoms with Crippen molar-refractivity contribution in [2.45, 2.75) is 36.6 Å². The van der Waals surface area contributed by atoms with Gasteiger partial charge >= 0.3 is 6.03 Å². The fraction of sp³-hybridized carbons (Fsp3) is 0.286. The van der Waals surface area contributed by atoms with E-state index in [-0.39, 0.29) is 16.8 Å². The minimum absolute atomic E-state index is 0.00621. The molecule has 8 nitrogen and oxygen atoms in total. The highest BCUT2D eigenvalue weighted by atomic mass is 79.9. The molecule has 0 radical (unpaired) electrons. The smallest absolute Gasteiger partial charge is 0.327 e. The third kappa shape index (κ3) is 5.77. The van der Waals surface area contributed by atoms with Gasteiger partial charge in [0, 0.05) is 29.7 Å². The molecule has 0 saturated carbocycles. The maximum Gasteiger partial charge on any atom is 0.343 e. The van der Waals surface area contributed by atoms with Crippen LogP contribution in [-0.4, -0.2) is 49.9 Å². The topological polar surface area (TPSA) is 98.8 Å². The zero-order valence-corrected chi connectivity index (χ0v) is 23.2. The van der Waals surface area contributed by atoms with E-state index in [1.807, 2.05) is 53.4 Å². The van der Waals surface area contributed by atoms with E-state index >= 15 is 0 Å². The summed E-state index contributed by atoms with van der Waals surface area (Å²) in [7, 11) is -4.01. The molecule has 1 saturated heterocycles. The number of benzene rings is 3. The molecule has 198 valence electrons. The Labute approximate surface area is 231 Å². The van der Waals surface area contributed by atoms with E-state index in [1.165, 1.54) is 12.1 Å². The number of urea groups is 1. The standard InChI is InChI=1S/C28H29BrN4O4S/c29-22-11-14-24-25(19-22)26(21-7-3-1-4-8-21)33(27(24)34)18-15-20-9-12-23(13-10-20)38(36,37)31-28(35)30-32-16-5-2-6-17-32/h1,3-4,7-14,19,26H,2,5-6,15-18H2,(H2,30,31,35). The van der Waals surface area contributed by atoms with Crippen LogP contribution in [-0.2, 0) is 16.4 Å². The van der Waals surface area contributed by atoms with Crippen LogP contribution in [0.4, 0.5) is 4.79 Å². The summed E-state index contributed by atoms with van der Waals surface area (Å²) in [6.07, 6.45) is 3.59. The average Bonchev–Trinajstić information content (AvgIpc) is 3.18. The van der Waals surface area contributed by atoms with E-state index < -0.39 is 16.1 Å². The first-order valence-corrected chi connectivity index (χ1v) is 14.9. The summed E-state index contributed by atoms with van der Waals surface area (Å²) < 4.78 is 28.4. The number of sulfonamides is 1. The number of carbonyl (C=O) groups is 2. The third-order valence-corrected chi connectivity index (χ3v) is 8.78. The average molecular weight is 598 g/mol. The van der Waals surface area contributed by atoms with E-state index in [2.05, 4.69) is 26.1 Å². The molecule has 0 bridgehead atoms. The maximum absolute atomic E-state index is 13.3. The Morgan fingerprint density at radius 2 is 1.66 bits per heavy atom. The molecular formula is C28H29BrN4O4S. The van der Waals surface area contributed by atoms with Crippen molar-refractivity contribution in [3.05, 3.63) is 99.5 Å². The van der Waals surface area contributed by atoms with Crippen molar-refractivity contribution in [2.24, 2.45) is 0 Å². The lowest BCUT2D eigenvalue weighted by atomic mass is 9.98. The molecule has 10 heteroatoms. The van der Waals surface area contributed by atoms with Crippen molar-refractivity contribution in [1.82, 2.24) is 20.1 Å². The Hall–Kier alpha value is -3.21. The summed E-state index contributed by atoms with van der Waals surface area (Å²) in [5, 5.41) is 1.73. The third-order valence-electron chi connectivity index (χ3n) is 6.94. The van der Waals surface area contributed by atoms with Gasteiger partial charge in [0.1, 0.15) is 0 Å². The fourth-order valence-corrected chi connectivity index (χ4v) is 6.34. The van der Waals surface area contributed by atoms with Gasteiger partial charge in [-0.3, -0.25) is 10.2 Å². The first-order chi connectivity index (χ1) is 18.3. The first-order valence-electron chi connectivity index (χ1n) is 12.6. The van der Waals surface area contributed by atoms with Gasteiger partial charge in [0.05, 0.1) is 10.9 Å². The highest BCUT2D eigenvalue weighted by Gasteiger charge is 2.37. The monoisotopic (exact) mass is 596 g/mol. The van der Waals surface area contributed by atoms with Gasteiger partial charge in [0.2, 0.25) is 0 Å². The first kappa shape index (κ1) is 26.4. The largest absolute Gasteiger partial charge is 0.343 e. The lowest BCUT2D eigenvalue weighted by Gasteiger charge is -2.26. The molecule has 3 aromatic rings. The van der Waals surface area contributed by atoms with Crippen LogP contribution < -0.4 is 10.1 Å². The van der Waals surface area contributed by atoms with Crippen LogP contribution >= 0.6 is 15.9 Å². The molecule has 2 aliphatic rings. The van der Waals surface area contributed by atoms with E-state index in [9.17, 15) is 18.0 Å². The number of nitrogens with zero attached hydrogens (tertiary/aromatic N) is 2. The number of fused-ring (bicyclic) bond motifs is 1. The van der Waals surface area contributed by atoms with Gasteiger partial charge in [-0.2, -0.15) is 0 Å². The Kier molecular flexibility index (Phi) is 7.83. The van der Waals surface area contributed by atoms with Gasteiger partial charge in [0.25, 0.3) is 15.9 Å². The molecule has 3 amide bonds. The van der Waals surface area contributed by atoms with Gasteiger partial charge in [-0.1, -0.05) is 64.8 Å². The second kappa shape index (κ2) is 11.3. The lowest BCUT2D eigenvalue weighted by molar-refractivity contribution is 0.0751. The Morgan fingerprint density at radius 1 is 0.947 bits per heavy atom. The number of nitrogens with one attached hydrogen (secondary N) is 2. The summed E-state index contributed by atoms with van der Waals surface area (Å²) in [5.41, 5.74) is 6.18. The van der Waals surface area contributed by atoms with Crippen LogP contribution in [0.1, 0.15) is 52.4 Å². The van der Waals surface area contributed by atoms with Crippen molar-refractivity contribution in [2.75, 3.05) is 19.6 Å². The number of piperidine rings is 1. The highest BCUT2D eigenvalue weighted by Crippen LogP contribution is 2.39. The van der Waals surface area contributed by atoms with Gasteiger partial charge in [0.15, 0.2) is 0 Å². The van der Waals surface area contributed by atoms with Crippen LogP contribution in [0.5, 0.6) is 0 Å². The lowest BCUT2D eigenvalue weighted by Crippen LogP contribution is -2.50. The van der Waals surface area contributed by atoms with E-state index in [0.29, 0.717) is 31.6 Å². The molecule has 1 fully saturated rings. The molecule has 1 atom stereocenters. The summed E-state index contributed by atoms with van der Waals surface area (Å²) in [4.78, 5) is 27.4. The van der Waals surface area contributed by atoms with Crippen LogP contribution in [0, 0.1) is 0 Å². The molecule has 0 aliphatic carbocycles. The molecule has 1 unspecified atom stereocenters. The summed E-state index contributed by atoms with van der Waals surface area (Å²) >= 11 is 3.53. The minimum Gasteiger partial charge on any atom is -0.327 e. The predicted molar refractivity (Wildman–Crippen MR) is 148 cm³/mol. The quantitative estimate of drug-likeness (QED) is 0.414. The molecule has 2 heterocycles. The van der Waals surface area contributed by atoms with Crippen molar-refractivity contribution < 1.29 is 18.0 Å². The zero-order chi connectivity index (χ0) is 26.7. The highest BCUT2D eigenvalue weighted by molar-refractivity contribution is 9.10. The predicted octanol–water partition coefficient (Wildman–Crippen LogP) is 4.63. The van der Waals surface area contributed by atoms with Gasteiger partial charge < -0.3 is 4.90 Å². The fourth-order valence-electron chi connectivity index (χ4n) is 5.06. The van der Waals surface area contributed by atoms with Crippen LogP contribution in [0.3, 0.4) is 0 Å². The number of hydrazine groups is 1. The van der Waals surface area contributed by atoms with E-state index in [1.54, 1.807) is 17.1 Å². The second-order valence-corrected chi connectivity index (χ2v) is 12.1. The molecular weight excluding hydrogens is 568 g/mol. The molecule has 38 heavy (non-hydrogen) atoms. The summed E-state index contributed by atoms with van der Waals surface area (Å²) in [5.74, 6) is -0.0236.